The number of amides is 3. The third-order valence-electron chi connectivity index (χ3n) is 11.8. The molecule has 5 aromatic carbocycles. The molecule has 13 heteroatoms. The Bertz CT molecular complexity index is 2570. The minimum absolute atomic E-state index is 0.0285. The molecular weight excluding hydrogens is 821 g/mol. The summed E-state index contributed by atoms with van der Waals surface area (Å²) < 4.78 is 5.76. The molecule has 2 atom stereocenters. The van der Waals surface area contributed by atoms with Crippen molar-refractivity contribution in [1.29, 1.82) is 0 Å². The number of anilines is 1. The lowest BCUT2D eigenvalue weighted by Crippen LogP contribution is -2.40. The number of likely N-dealkylation sites (tertiary alicyclic amines) is 1. The number of carbonyl (C=O) groups excluding carboxylic acids is 3. The monoisotopic (exact) mass is 878 g/mol. The van der Waals surface area contributed by atoms with E-state index in [2.05, 4.69) is 62.3 Å². The summed E-state index contributed by atoms with van der Waals surface area (Å²) in [6.07, 6.45) is 2.04. The molecule has 1 saturated heterocycles. The molecule has 0 saturated carbocycles. The summed E-state index contributed by atoms with van der Waals surface area (Å²) in [4.78, 5) is 54.8. The molecule has 0 bridgehead atoms. The highest BCUT2D eigenvalue weighted by atomic mass is 16.6. The molecule has 0 radical (unpaired) electrons. The van der Waals surface area contributed by atoms with Crippen LogP contribution in [0.3, 0.4) is 0 Å². The van der Waals surface area contributed by atoms with Crippen molar-refractivity contribution in [2.45, 2.75) is 70.2 Å². The topological polar surface area (TPSA) is 185 Å². The molecule has 7 N–H and O–H groups in total. The van der Waals surface area contributed by atoms with Crippen LogP contribution in [0.15, 0.2) is 132 Å². The third-order valence-corrected chi connectivity index (χ3v) is 11.8. The second kappa shape index (κ2) is 22.7. The fourth-order valence-corrected chi connectivity index (χ4v) is 8.16. The lowest BCUT2D eigenvalue weighted by Gasteiger charge is -2.31. The van der Waals surface area contributed by atoms with Crippen molar-refractivity contribution in [2.75, 3.05) is 38.0 Å². The maximum atomic E-state index is 12.8. The number of aromatic hydroxyl groups is 1. The number of hydrogen-bond donors (Lipinski definition) is 7. The molecule has 1 aromatic heterocycles. The first-order chi connectivity index (χ1) is 31.6. The normalized spacial score (nSPS) is 14.1. The van der Waals surface area contributed by atoms with Gasteiger partial charge in [0.1, 0.15) is 11.9 Å². The number of phenolic OH excluding ortho intramolecular Hbond substituents is 1. The van der Waals surface area contributed by atoms with Crippen LogP contribution in [0.25, 0.3) is 22.0 Å². The molecule has 338 valence electrons. The number of ether oxygens (including phenoxy) is 1. The molecule has 0 unspecified atom stereocenters. The van der Waals surface area contributed by atoms with Crippen LogP contribution in [0.2, 0.25) is 0 Å². The Kier molecular flexibility index (Phi) is 16.1. The largest absolute Gasteiger partial charge is 0.506 e. The maximum Gasteiger partial charge on any atom is 0.411 e. The lowest BCUT2D eigenvalue weighted by atomic mass is 10.0. The van der Waals surface area contributed by atoms with Crippen LogP contribution in [0, 0.1) is 0 Å². The van der Waals surface area contributed by atoms with Gasteiger partial charge in [0, 0.05) is 68.7 Å². The highest BCUT2D eigenvalue weighted by molar-refractivity contribution is 5.91. The summed E-state index contributed by atoms with van der Waals surface area (Å²) in [5.74, 6) is -0.124. The summed E-state index contributed by atoms with van der Waals surface area (Å²) >= 11 is 0. The Morgan fingerprint density at radius 2 is 1.48 bits per heavy atom. The van der Waals surface area contributed by atoms with Crippen molar-refractivity contribution < 1.29 is 29.3 Å². The Morgan fingerprint density at radius 3 is 2.25 bits per heavy atom. The zero-order chi connectivity index (χ0) is 45.5. The van der Waals surface area contributed by atoms with E-state index in [4.69, 9.17) is 4.74 Å². The van der Waals surface area contributed by atoms with Gasteiger partial charge in [0.2, 0.25) is 17.4 Å². The summed E-state index contributed by atoms with van der Waals surface area (Å²) in [5, 5.41) is 34.0. The van der Waals surface area contributed by atoms with Crippen LogP contribution in [0.1, 0.15) is 60.1 Å². The Morgan fingerprint density at radius 1 is 0.785 bits per heavy atom. The fourth-order valence-electron chi connectivity index (χ4n) is 8.16. The predicted octanol–water partition coefficient (Wildman–Crippen LogP) is 6.78. The molecule has 7 rings (SSSR count). The van der Waals surface area contributed by atoms with Gasteiger partial charge >= 0.3 is 6.09 Å². The molecule has 1 aliphatic rings. The van der Waals surface area contributed by atoms with Gasteiger partial charge in [0.15, 0.2) is 0 Å². The number of hydrogen-bond acceptors (Lipinski definition) is 9. The third kappa shape index (κ3) is 13.6. The number of aromatic amines is 1. The van der Waals surface area contributed by atoms with Crippen LogP contribution in [-0.4, -0.2) is 82.9 Å². The van der Waals surface area contributed by atoms with E-state index in [0.717, 1.165) is 52.9 Å². The number of fused-ring (bicyclic) bond motifs is 1. The number of carbonyl (C=O) groups is 3. The fraction of sp³-hybridized carbons (Fsp3) is 0.308. The minimum atomic E-state index is -0.830. The van der Waals surface area contributed by atoms with E-state index in [1.807, 2.05) is 78.9 Å². The van der Waals surface area contributed by atoms with Gasteiger partial charge in [-0.1, -0.05) is 103 Å². The summed E-state index contributed by atoms with van der Waals surface area (Å²) in [7, 11) is 0. The summed E-state index contributed by atoms with van der Waals surface area (Å²) in [5.41, 5.74) is 7.38. The molecule has 3 amide bonds. The molecule has 0 spiro atoms. The van der Waals surface area contributed by atoms with Crippen LogP contribution >= 0.6 is 0 Å². The second-order valence-corrected chi connectivity index (χ2v) is 16.7. The molecule has 0 aliphatic carbocycles. The highest BCUT2D eigenvalue weighted by Crippen LogP contribution is 2.30. The van der Waals surface area contributed by atoms with Crippen molar-refractivity contribution in [3.05, 3.63) is 166 Å². The maximum absolute atomic E-state index is 12.8. The van der Waals surface area contributed by atoms with Crippen molar-refractivity contribution >= 4 is 34.5 Å². The number of piperidine rings is 1. The van der Waals surface area contributed by atoms with Crippen LogP contribution in [-0.2, 0) is 40.1 Å². The van der Waals surface area contributed by atoms with Gasteiger partial charge in [0.25, 0.3) is 0 Å². The number of pyridine rings is 1. The van der Waals surface area contributed by atoms with Crippen molar-refractivity contribution in [3.63, 3.8) is 0 Å². The molecule has 13 nitrogen and oxygen atoms in total. The molecule has 1 aliphatic heterocycles. The second-order valence-electron chi connectivity index (χ2n) is 16.7. The SMILES string of the molecule is C[C@@H](Cc1ccc(CCNC(=O)Cc2ccc(CNC(=O)CCN3CCC(OC(=O)Nc4ccccc4-c4ccccc4)CC3)cc2)cc1)NC[C@H](O)c1ccc(O)c2[nH]c(=O)ccc12. The standard InChI is InChI=1S/C52H58N6O7/c1-35(54-34-47(60)43-19-21-46(59)51-44(43)20-22-49(62)57-51)31-37-13-11-36(12-14-37)23-27-53-50(63)32-38-15-17-39(18-16-38)33-55-48(61)26-30-58-28-24-41(25-29-58)65-52(64)56-45-10-6-5-9-42(45)40-7-3-2-4-8-40/h2-22,35,41,47,54,59-60H,23-34H2,1H3,(H,53,63)(H,55,61)(H,56,64)(H,57,62)/t35-,47-/m0/s1. The van der Waals surface area contributed by atoms with Crippen molar-refractivity contribution in [3.8, 4) is 16.9 Å². The first-order valence-corrected chi connectivity index (χ1v) is 22.4. The average Bonchev–Trinajstić information content (AvgIpc) is 3.31. The van der Waals surface area contributed by atoms with Gasteiger partial charge in [-0.15, -0.1) is 0 Å². The minimum Gasteiger partial charge on any atom is -0.506 e. The van der Waals surface area contributed by atoms with Crippen molar-refractivity contribution in [2.24, 2.45) is 0 Å². The van der Waals surface area contributed by atoms with E-state index in [0.29, 0.717) is 74.0 Å². The number of nitrogens with zero attached hydrogens (tertiary/aromatic N) is 1. The van der Waals surface area contributed by atoms with Gasteiger partial charge in [-0.25, -0.2) is 4.79 Å². The Hall–Kier alpha value is -6.80. The number of para-hydroxylation sites is 1. The summed E-state index contributed by atoms with van der Waals surface area (Å²) in [6.45, 7) is 5.41. The number of aliphatic hydroxyl groups is 1. The van der Waals surface area contributed by atoms with Gasteiger partial charge in [0.05, 0.1) is 23.7 Å². The number of H-pyrrole nitrogens is 1. The molecule has 2 heterocycles. The first kappa shape index (κ1) is 46.2. The molecule has 65 heavy (non-hydrogen) atoms. The quantitative estimate of drug-likeness (QED) is 0.0461. The zero-order valence-electron chi connectivity index (χ0n) is 36.7. The number of nitrogens with one attached hydrogen (secondary N) is 5. The Labute approximate surface area is 379 Å². The number of rotatable bonds is 19. The Balaban J connectivity index is 0.734. The molecular formula is C52H58N6O7. The first-order valence-electron chi connectivity index (χ1n) is 22.4. The van der Waals surface area contributed by atoms with E-state index < -0.39 is 12.2 Å². The van der Waals surface area contributed by atoms with Crippen LogP contribution < -0.4 is 26.8 Å². The van der Waals surface area contributed by atoms with E-state index in [1.165, 1.54) is 12.1 Å². The highest BCUT2D eigenvalue weighted by Gasteiger charge is 2.23. The van der Waals surface area contributed by atoms with Crippen LogP contribution in [0.5, 0.6) is 5.75 Å². The van der Waals surface area contributed by atoms with E-state index in [-0.39, 0.29) is 41.7 Å². The number of aliphatic hydroxyl groups excluding tert-OH is 1. The number of phenols is 1. The molecule has 6 aromatic rings. The van der Waals surface area contributed by atoms with Gasteiger partial charge in [-0.2, -0.15) is 0 Å². The lowest BCUT2D eigenvalue weighted by molar-refractivity contribution is -0.122. The smallest absolute Gasteiger partial charge is 0.411 e. The van der Waals surface area contributed by atoms with Gasteiger partial charge in [-0.3, -0.25) is 19.7 Å². The van der Waals surface area contributed by atoms with Crippen molar-refractivity contribution in [1.82, 2.24) is 25.8 Å². The van der Waals surface area contributed by atoms with E-state index >= 15 is 0 Å². The van der Waals surface area contributed by atoms with Gasteiger partial charge in [-0.05, 0) is 84.2 Å². The summed E-state index contributed by atoms with van der Waals surface area (Å²) in [6, 6.07) is 39.8. The van der Waals surface area contributed by atoms with E-state index in [1.54, 1.807) is 12.1 Å². The zero-order valence-corrected chi connectivity index (χ0v) is 36.7. The number of aromatic nitrogens is 1. The molecule has 1 fully saturated rings. The van der Waals surface area contributed by atoms with Gasteiger partial charge < -0.3 is 40.8 Å². The van der Waals surface area contributed by atoms with Crippen LogP contribution in [0.4, 0.5) is 10.5 Å². The predicted molar refractivity (Wildman–Crippen MR) is 254 cm³/mol. The number of benzene rings is 5. The average molecular weight is 879 g/mol. The van der Waals surface area contributed by atoms with E-state index in [9.17, 15) is 29.4 Å².